The van der Waals surface area contributed by atoms with Gasteiger partial charge in [-0.3, -0.25) is 14.6 Å². The summed E-state index contributed by atoms with van der Waals surface area (Å²) in [6.45, 7) is 3.83. The number of H-pyrrole nitrogens is 1. The third-order valence-corrected chi connectivity index (χ3v) is 7.93. The Morgan fingerprint density at radius 1 is 1.19 bits per heavy atom. The van der Waals surface area contributed by atoms with Crippen LogP contribution in [0.5, 0.6) is 0 Å². The minimum absolute atomic E-state index is 0.0446. The summed E-state index contributed by atoms with van der Waals surface area (Å²) in [6.07, 6.45) is 8.15. The lowest BCUT2D eigenvalue weighted by atomic mass is 9.77. The number of hydrogen-bond acceptors (Lipinski definition) is 9. The smallest absolute Gasteiger partial charge is 0.252 e. The summed E-state index contributed by atoms with van der Waals surface area (Å²) in [6, 6.07) is 5.16. The number of methoxy groups -OCH3 is 1. The number of fused-ring (bicyclic) bond motifs is 1. The highest BCUT2D eigenvalue weighted by Crippen LogP contribution is 2.40. The maximum atomic E-state index is 13.5. The number of carbonyl (C=O) groups excluding carboxylic acids is 1. The first kappa shape index (κ1) is 27.4. The first-order valence-electron chi connectivity index (χ1n) is 13.8. The highest BCUT2D eigenvalue weighted by molar-refractivity contribution is 5.88. The summed E-state index contributed by atoms with van der Waals surface area (Å²) >= 11 is 0. The quantitative estimate of drug-likeness (QED) is 0.252. The van der Waals surface area contributed by atoms with E-state index in [0.29, 0.717) is 49.0 Å². The number of halogens is 1. The molecule has 13 nitrogen and oxygen atoms in total. The number of carbonyl (C=O) groups is 1. The van der Waals surface area contributed by atoms with Gasteiger partial charge in [-0.2, -0.15) is 15.3 Å². The Labute approximate surface area is 240 Å². The Morgan fingerprint density at radius 2 is 2.00 bits per heavy atom. The van der Waals surface area contributed by atoms with E-state index in [0.717, 1.165) is 28.5 Å². The number of aromatic nitrogens is 9. The molecule has 5 aromatic heterocycles. The van der Waals surface area contributed by atoms with Crippen molar-refractivity contribution in [3.8, 4) is 5.82 Å². The van der Waals surface area contributed by atoms with Gasteiger partial charge in [-0.05, 0) is 51.2 Å². The molecule has 0 saturated heterocycles. The molecule has 5 aromatic rings. The number of pyridine rings is 1. The van der Waals surface area contributed by atoms with Crippen molar-refractivity contribution in [1.29, 1.82) is 0 Å². The summed E-state index contributed by atoms with van der Waals surface area (Å²) in [5.74, 6) is 1.92. The average Bonchev–Trinajstić information content (AvgIpc) is 3.73. The lowest BCUT2D eigenvalue weighted by molar-refractivity contribution is -0.148. The van der Waals surface area contributed by atoms with E-state index in [1.165, 1.54) is 10.9 Å². The molecule has 1 fully saturated rings. The first-order chi connectivity index (χ1) is 20.2. The Balaban J connectivity index is 1.15. The van der Waals surface area contributed by atoms with Gasteiger partial charge in [0, 0.05) is 38.0 Å². The van der Waals surface area contributed by atoms with Crippen LogP contribution in [0.25, 0.3) is 16.9 Å². The van der Waals surface area contributed by atoms with E-state index < -0.39 is 11.4 Å². The van der Waals surface area contributed by atoms with Gasteiger partial charge in [-0.25, -0.2) is 24.0 Å². The van der Waals surface area contributed by atoms with Crippen LogP contribution in [0.1, 0.15) is 61.6 Å². The van der Waals surface area contributed by atoms with Gasteiger partial charge in [0.2, 0.25) is 0 Å². The molecule has 0 aromatic carbocycles. The zero-order chi connectivity index (χ0) is 29.4. The zero-order valence-corrected chi connectivity index (χ0v) is 23.8. The second-order valence-electron chi connectivity index (χ2n) is 10.7. The molecule has 6 rings (SSSR count). The predicted molar refractivity (Wildman–Crippen MR) is 152 cm³/mol. The molecule has 1 aliphatic carbocycles. The Hall–Kier alpha value is -4.72. The highest BCUT2D eigenvalue weighted by atomic mass is 19.1. The Kier molecular flexibility index (Phi) is 7.14. The summed E-state index contributed by atoms with van der Waals surface area (Å²) in [4.78, 5) is 27.6. The third kappa shape index (κ3) is 5.20. The Morgan fingerprint density at radius 3 is 2.64 bits per heavy atom. The maximum absolute atomic E-state index is 13.5. The van der Waals surface area contributed by atoms with Crippen LogP contribution >= 0.6 is 0 Å². The van der Waals surface area contributed by atoms with Gasteiger partial charge in [0.1, 0.15) is 17.2 Å². The number of nitrogens with one attached hydrogen (secondary N) is 3. The van der Waals surface area contributed by atoms with Crippen LogP contribution in [0.2, 0.25) is 0 Å². The molecular formula is C28H32FN11O2. The molecule has 3 N–H and O–H groups in total. The summed E-state index contributed by atoms with van der Waals surface area (Å²) < 4.78 is 22.3. The fourth-order valence-corrected chi connectivity index (χ4v) is 5.41. The molecule has 1 aliphatic rings. The standard InChI is InChI=1S/C28H32FN11O2/c1-16-11-22(38-37-16)34-25-21-14-31-39(3)26(21)36-24(35-25)18-7-9-28(42-4,10-8-18)27(41)33-17(2)19-5-6-23(30-12-19)40-15-20(29)13-32-40/h5-6,11-15,17-18H,7-10H2,1-4H3,(H,33,41)(H2,34,35,36,37,38)/t17-,18?,28?/m0/s1. The second kappa shape index (κ2) is 10.9. The van der Waals surface area contributed by atoms with Crippen LogP contribution in [0, 0.1) is 12.7 Å². The molecule has 0 aliphatic heterocycles. The molecule has 5 heterocycles. The molecule has 0 spiro atoms. The summed E-state index contributed by atoms with van der Waals surface area (Å²) in [5.41, 5.74) is 1.51. The van der Waals surface area contributed by atoms with Crippen molar-refractivity contribution in [2.45, 2.75) is 57.1 Å². The van der Waals surface area contributed by atoms with Crippen LogP contribution in [0.4, 0.5) is 16.0 Å². The molecule has 1 atom stereocenters. The van der Waals surface area contributed by atoms with Crippen molar-refractivity contribution in [2.75, 3.05) is 12.4 Å². The minimum Gasteiger partial charge on any atom is -0.368 e. The summed E-state index contributed by atoms with van der Waals surface area (Å²) in [7, 11) is 3.43. The fourth-order valence-electron chi connectivity index (χ4n) is 5.41. The van der Waals surface area contributed by atoms with Crippen LogP contribution in [0.15, 0.2) is 43.0 Å². The topological polar surface area (TPSA) is 153 Å². The number of aryl methyl sites for hydroxylation is 2. The van der Waals surface area contributed by atoms with E-state index >= 15 is 0 Å². The normalized spacial score (nSPS) is 19.6. The van der Waals surface area contributed by atoms with Crippen molar-refractivity contribution < 1.29 is 13.9 Å². The van der Waals surface area contributed by atoms with Gasteiger partial charge >= 0.3 is 0 Å². The lowest BCUT2D eigenvalue weighted by Crippen LogP contribution is -2.50. The van der Waals surface area contributed by atoms with Gasteiger partial charge in [-0.1, -0.05) is 6.07 Å². The van der Waals surface area contributed by atoms with Crippen LogP contribution in [-0.2, 0) is 16.6 Å². The number of aromatic amines is 1. The number of hydrogen-bond donors (Lipinski definition) is 3. The van der Waals surface area contributed by atoms with Crippen molar-refractivity contribution >= 4 is 28.6 Å². The number of anilines is 2. The lowest BCUT2D eigenvalue weighted by Gasteiger charge is -2.38. The predicted octanol–water partition coefficient (Wildman–Crippen LogP) is 3.78. The van der Waals surface area contributed by atoms with Gasteiger partial charge < -0.3 is 15.4 Å². The van der Waals surface area contributed by atoms with Gasteiger partial charge in [0.05, 0.1) is 30.0 Å². The number of nitrogens with zero attached hydrogens (tertiary/aromatic N) is 8. The molecular weight excluding hydrogens is 541 g/mol. The molecule has 1 saturated carbocycles. The van der Waals surface area contributed by atoms with Crippen molar-refractivity contribution in [2.24, 2.45) is 7.05 Å². The number of ether oxygens (including phenoxy) is 1. The van der Waals surface area contributed by atoms with E-state index in [1.807, 2.05) is 33.0 Å². The SMILES string of the molecule is COC1(C(=O)N[C@@H](C)c2ccc(-n3cc(F)cn3)nc2)CCC(c2nc(Nc3cc(C)[nH]n3)c3cnn(C)c3n2)CC1. The van der Waals surface area contributed by atoms with Crippen LogP contribution in [0.3, 0.4) is 0 Å². The van der Waals surface area contributed by atoms with Crippen molar-refractivity contribution in [3.05, 3.63) is 65.9 Å². The minimum atomic E-state index is -0.963. The molecule has 1 amide bonds. The van der Waals surface area contributed by atoms with Gasteiger partial charge in [0.15, 0.2) is 23.1 Å². The summed E-state index contributed by atoms with van der Waals surface area (Å²) in [5, 5.41) is 22.7. The molecule has 14 heteroatoms. The Bertz CT molecular complexity index is 1720. The zero-order valence-electron chi connectivity index (χ0n) is 23.8. The van der Waals surface area contributed by atoms with Crippen molar-refractivity contribution in [1.82, 2.24) is 50.0 Å². The number of rotatable bonds is 8. The largest absolute Gasteiger partial charge is 0.368 e. The average molecular weight is 574 g/mol. The van der Waals surface area contributed by atoms with Crippen LogP contribution in [-0.4, -0.2) is 63.3 Å². The first-order valence-corrected chi connectivity index (χ1v) is 13.8. The van der Waals surface area contributed by atoms with E-state index in [2.05, 4.69) is 36.0 Å². The highest BCUT2D eigenvalue weighted by Gasteiger charge is 2.43. The molecule has 42 heavy (non-hydrogen) atoms. The molecule has 0 unspecified atom stereocenters. The monoisotopic (exact) mass is 573 g/mol. The molecule has 0 radical (unpaired) electrons. The van der Waals surface area contributed by atoms with Crippen molar-refractivity contribution in [3.63, 3.8) is 0 Å². The fraction of sp³-hybridized carbons (Fsp3) is 0.393. The molecule has 218 valence electrons. The van der Waals surface area contributed by atoms with E-state index in [-0.39, 0.29) is 17.9 Å². The van der Waals surface area contributed by atoms with E-state index in [9.17, 15) is 9.18 Å². The van der Waals surface area contributed by atoms with Gasteiger partial charge in [0.25, 0.3) is 5.91 Å². The number of amides is 1. The van der Waals surface area contributed by atoms with E-state index in [4.69, 9.17) is 14.7 Å². The molecule has 0 bridgehead atoms. The van der Waals surface area contributed by atoms with Crippen LogP contribution < -0.4 is 10.6 Å². The maximum Gasteiger partial charge on any atom is 0.252 e. The van der Waals surface area contributed by atoms with E-state index in [1.54, 1.807) is 30.3 Å². The van der Waals surface area contributed by atoms with Gasteiger partial charge in [-0.15, -0.1) is 0 Å². The second-order valence-corrected chi connectivity index (χ2v) is 10.7. The third-order valence-electron chi connectivity index (χ3n) is 7.93.